The maximum atomic E-state index is 12.9. The summed E-state index contributed by atoms with van der Waals surface area (Å²) in [5, 5.41) is 6.24. The van der Waals surface area contributed by atoms with Crippen molar-refractivity contribution in [3.8, 4) is 17.2 Å². The van der Waals surface area contributed by atoms with Crippen LogP contribution >= 0.6 is 11.6 Å². The van der Waals surface area contributed by atoms with Crippen molar-refractivity contribution >= 4 is 35.0 Å². The molecule has 0 atom stereocenters. The minimum atomic E-state index is -0.233. The number of hydrogen-bond acceptors (Lipinski definition) is 5. The van der Waals surface area contributed by atoms with Crippen LogP contribution in [-0.4, -0.2) is 32.9 Å². The monoisotopic (exact) mass is 386 g/mol. The highest BCUT2D eigenvalue weighted by atomic mass is 35.5. The summed E-state index contributed by atoms with van der Waals surface area (Å²) >= 11 is 6.03. The van der Waals surface area contributed by atoms with E-state index in [1.54, 1.807) is 70.7 Å². The fraction of sp³-hybridized carbons (Fsp3) is 0.200. The summed E-state index contributed by atoms with van der Waals surface area (Å²) < 4.78 is 16.1. The smallest absolute Gasteiger partial charge is 0.280 e. The number of carbonyl (C=O) groups excluding carboxylic acids is 1. The molecule has 0 fully saturated rings. The fourth-order valence-electron chi connectivity index (χ4n) is 2.82. The van der Waals surface area contributed by atoms with E-state index < -0.39 is 0 Å². The molecule has 0 saturated carbocycles. The van der Waals surface area contributed by atoms with Gasteiger partial charge >= 0.3 is 0 Å². The van der Waals surface area contributed by atoms with Gasteiger partial charge in [-0.25, -0.2) is 0 Å². The van der Waals surface area contributed by atoms with Gasteiger partial charge in [0.25, 0.3) is 5.91 Å². The molecule has 1 amide bonds. The number of rotatable bonds is 5. The van der Waals surface area contributed by atoms with E-state index in [2.05, 4.69) is 5.10 Å². The van der Waals surface area contributed by atoms with Gasteiger partial charge in [0, 0.05) is 5.02 Å². The Kier molecular flexibility index (Phi) is 5.37. The van der Waals surface area contributed by atoms with Crippen LogP contribution in [0.3, 0.4) is 0 Å². The van der Waals surface area contributed by atoms with Crippen LogP contribution in [0.5, 0.6) is 17.2 Å². The molecule has 0 saturated heterocycles. The Morgan fingerprint density at radius 1 is 1.04 bits per heavy atom. The van der Waals surface area contributed by atoms with Gasteiger partial charge in [-0.1, -0.05) is 17.7 Å². The highest BCUT2D eigenvalue weighted by molar-refractivity contribution is 6.33. The summed E-state index contributed by atoms with van der Waals surface area (Å²) in [5.41, 5.74) is 2.42. The van der Waals surface area contributed by atoms with Crippen LogP contribution in [0.4, 0.5) is 5.69 Å². The predicted molar refractivity (Wildman–Crippen MR) is 106 cm³/mol. The van der Waals surface area contributed by atoms with E-state index in [-0.39, 0.29) is 5.91 Å². The molecule has 2 aromatic rings. The highest BCUT2D eigenvalue weighted by Gasteiger charge is 2.29. The number of nitrogens with zero attached hydrogens (tertiary/aromatic N) is 2. The molecule has 0 aliphatic carbocycles. The van der Waals surface area contributed by atoms with Gasteiger partial charge in [0.2, 0.25) is 5.75 Å². The lowest BCUT2D eigenvalue weighted by Crippen LogP contribution is -2.21. The van der Waals surface area contributed by atoms with Gasteiger partial charge in [0.05, 0.1) is 38.3 Å². The van der Waals surface area contributed by atoms with Crippen molar-refractivity contribution in [2.45, 2.75) is 6.92 Å². The Bertz CT molecular complexity index is 928. The molecule has 6 nitrogen and oxygen atoms in total. The summed E-state index contributed by atoms with van der Waals surface area (Å²) in [7, 11) is 4.63. The number of hydrogen-bond donors (Lipinski definition) is 0. The summed E-state index contributed by atoms with van der Waals surface area (Å²) in [6, 6.07) is 10.5. The van der Waals surface area contributed by atoms with E-state index in [4.69, 9.17) is 25.8 Å². The SMILES string of the molecule is COc1cc(/C=C2\C(=O)N(c3cccc(Cl)c3)N=C2C)cc(OC)c1OC. The molecule has 7 heteroatoms. The van der Waals surface area contributed by atoms with Gasteiger partial charge < -0.3 is 14.2 Å². The molecule has 1 heterocycles. The largest absolute Gasteiger partial charge is 0.493 e. The molecule has 0 spiro atoms. The molecule has 0 radical (unpaired) electrons. The number of methoxy groups -OCH3 is 3. The first-order valence-electron chi connectivity index (χ1n) is 8.15. The standard InChI is InChI=1S/C20H19ClN2O4/c1-12-16(20(24)23(22-12)15-7-5-6-14(21)11-15)8-13-9-17(25-2)19(27-4)18(10-13)26-3/h5-11H,1-4H3/b16-8-. The summed E-state index contributed by atoms with van der Waals surface area (Å²) in [6.07, 6.45) is 1.75. The van der Waals surface area contributed by atoms with E-state index in [0.29, 0.717) is 39.2 Å². The Morgan fingerprint density at radius 3 is 2.26 bits per heavy atom. The average molecular weight is 387 g/mol. The van der Waals surface area contributed by atoms with Crippen molar-refractivity contribution < 1.29 is 19.0 Å². The molecule has 0 unspecified atom stereocenters. The predicted octanol–water partition coefficient (Wildman–Crippen LogP) is 4.17. The Hall–Kier alpha value is -2.99. The van der Waals surface area contributed by atoms with E-state index >= 15 is 0 Å². The zero-order valence-corrected chi connectivity index (χ0v) is 16.2. The van der Waals surface area contributed by atoms with Crippen molar-refractivity contribution in [2.75, 3.05) is 26.3 Å². The second-order valence-electron chi connectivity index (χ2n) is 5.80. The molecule has 1 aliphatic rings. The van der Waals surface area contributed by atoms with Gasteiger partial charge in [-0.2, -0.15) is 10.1 Å². The number of amides is 1. The van der Waals surface area contributed by atoms with E-state index in [1.807, 2.05) is 0 Å². The van der Waals surface area contributed by atoms with Crippen molar-refractivity contribution in [1.82, 2.24) is 0 Å². The zero-order valence-electron chi connectivity index (χ0n) is 15.4. The van der Waals surface area contributed by atoms with Crippen LogP contribution in [0.25, 0.3) is 6.08 Å². The second-order valence-corrected chi connectivity index (χ2v) is 6.24. The first kappa shape index (κ1) is 18.8. The van der Waals surface area contributed by atoms with E-state index in [9.17, 15) is 4.79 Å². The number of ether oxygens (including phenoxy) is 3. The Balaban J connectivity index is 2.01. The zero-order chi connectivity index (χ0) is 19.6. The van der Waals surface area contributed by atoms with Gasteiger partial charge in [-0.3, -0.25) is 4.79 Å². The topological polar surface area (TPSA) is 60.4 Å². The quantitative estimate of drug-likeness (QED) is 0.723. The van der Waals surface area contributed by atoms with E-state index in [0.717, 1.165) is 5.56 Å². The molecule has 0 aromatic heterocycles. The van der Waals surface area contributed by atoms with Crippen LogP contribution < -0.4 is 19.2 Å². The van der Waals surface area contributed by atoms with Crippen molar-refractivity contribution in [3.05, 3.63) is 52.6 Å². The van der Waals surface area contributed by atoms with Crippen molar-refractivity contribution in [1.29, 1.82) is 0 Å². The number of benzene rings is 2. The molecule has 3 rings (SSSR count). The Labute approximate surface area is 162 Å². The van der Waals surface area contributed by atoms with E-state index in [1.165, 1.54) is 5.01 Å². The third-order valence-corrected chi connectivity index (χ3v) is 4.35. The number of anilines is 1. The van der Waals surface area contributed by atoms with Gasteiger partial charge in [0.15, 0.2) is 11.5 Å². The Morgan fingerprint density at radius 2 is 1.70 bits per heavy atom. The summed E-state index contributed by atoms with van der Waals surface area (Å²) in [4.78, 5) is 12.9. The molecular formula is C20H19ClN2O4. The minimum absolute atomic E-state index is 0.233. The fourth-order valence-corrected chi connectivity index (χ4v) is 3.00. The first-order chi connectivity index (χ1) is 13.0. The normalized spacial score (nSPS) is 15.1. The molecule has 0 N–H and O–H groups in total. The molecule has 1 aliphatic heterocycles. The number of hydrazone groups is 1. The maximum Gasteiger partial charge on any atom is 0.280 e. The lowest BCUT2D eigenvalue weighted by Gasteiger charge is -2.13. The molecule has 2 aromatic carbocycles. The maximum absolute atomic E-state index is 12.9. The summed E-state index contributed by atoms with van der Waals surface area (Å²) in [5.74, 6) is 1.28. The minimum Gasteiger partial charge on any atom is -0.493 e. The van der Waals surface area contributed by atoms with Crippen molar-refractivity contribution in [2.24, 2.45) is 5.10 Å². The van der Waals surface area contributed by atoms with Gasteiger partial charge in [-0.15, -0.1) is 0 Å². The molecule has 27 heavy (non-hydrogen) atoms. The third kappa shape index (κ3) is 3.61. The first-order valence-corrected chi connectivity index (χ1v) is 8.53. The van der Waals surface area contributed by atoms with Crippen LogP contribution in [-0.2, 0) is 4.79 Å². The molecular weight excluding hydrogens is 368 g/mol. The second kappa shape index (κ2) is 7.72. The van der Waals surface area contributed by atoms with Crippen LogP contribution in [0.1, 0.15) is 12.5 Å². The van der Waals surface area contributed by atoms with Crippen LogP contribution in [0.15, 0.2) is 47.1 Å². The number of halogens is 1. The van der Waals surface area contributed by atoms with Crippen molar-refractivity contribution in [3.63, 3.8) is 0 Å². The lowest BCUT2D eigenvalue weighted by molar-refractivity contribution is -0.114. The molecule has 0 bridgehead atoms. The summed E-state index contributed by atoms with van der Waals surface area (Å²) in [6.45, 7) is 1.78. The van der Waals surface area contributed by atoms with Crippen LogP contribution in [0.2, 0.25) is 5.02 Å². The van der Waals surface area contributed by atoms with Gasteiger partial charge in [0.1, 0.15) is 0 Å². The number of carbonyl (C=O) groups is 1. The van der Waals surface area contributed by atoms with Crippen LogP contribution in [0, 0.1) is 0 Å². The third-order valence-electron chi connectivity index (χ3n) is 4.11. The average Bonchev–Trinajstić information content (AvgIpc) is 2.95. The van der Waals surface area contributed by atoms with Gasteiger partial charge in [-0.05, 0) is 48.9 Å². The highest BCUT2D eigenvalue weighted by Crippen LogP contribution is 2.39. The molecule has 140 valence electrons. The lowest BCUT2D eigenvalue weighted by atomic mass is 10.1.